The molecule has 0 spiro atoms. The number of hydrogen-bond donors (Lipinski definition) is 3. The van der Waals surface area contributed by atoms with Crippen LogP contribution in [0, 0.1) is 0 Å². The summed E-state index contributed by atoms with van der Waals surface area (Å²) in [5.41, 5.74) is 2.69. The topological polar surface area (TPSA) is 99.2 Å². The molecule has 0 aliphatic carbocycles. The monoisotopic (exact) mass is 352 g/mol. The van der Waals surface area contributed by atoms with Gasteiger partial charge >= 0.3 is 0 Å². The van der Waals surface area contributed by atoms with Gasteiger partial charge in [0, 0.05) is 25.4 Å². The van der Waals surface area contributed by atoms with Crippen molar-refractivity contribution in [2.75, 3.05) is 36.5 Å². The minimum atomic E-state index is 0.0122. The second-order valence-electron chi connectivity index (χ2n) is 5.99. The summed E-state index contributed by atoms with van der Waals surface area (Å²) in [5.74, 6) is 2.04. The van der Waals surface area contributed by atoms with Crippen LogP contribution in [-0.4, -0.2) is 51.6 Å². The number of nitrogens with one attached hydrogen (secondary N) is 2. The third kappa shape index (κ3) is 3.66. The highest BCUT2D eigenvalue weighted by Gasteiger charge is 2.14. The van der Waals surface area contributed by atoms with Crippen molar-refractivity contribution in [2.45, 2.75) is 6.61 Å². The average molecular weight is 352 g/mol. The zero-order valence-corrected chi connectivity index (χ0v) is 14.2. The number of morpholine rings is 1. The quantitative estimate of drug-likeness (QED) is 0.645. The van der Waals surface area contributed by atoms with Gasteiger partial charge in [0.05, 0.1) is 25.5 Å². The number of rotatable bonds is 5. The highest BCUT2D eigenvalue weighted by Crippen LogP contribution is 2.23. The van der Waals surface area contributed by atoms with Gasteiger partial charge in [-0.25, -0.2) is 4.98 Å². The number of ether oxygens (including phenoxy) is 1. The van der Waals surface area contributed by atoms with Crippen LogP contribution < -0.4 is 10.2 Å². The molecule has 3 heterocycles. The molecular weight excluding hydrogens is 332 g/mol. The zero-order chi connectivity index (χ0) is 17.8. The van der Waals surface area contributed by atoms with Crippen LogP contribution in [-0.2, 0) is 11.3 Å². The Kier molecular flexibility index (Phi) is 4.76. The summed E-state index contributed by atoms with van der Waals surface area (Å²) in [4.78, 5) is 11.0. The zero-order valence-electron chi connectivity index (χ0n) is 14.2. The number of benzene rings is 1. The van der Waals surface area contributed by atoms with E-state index in [4.69, 9.17) is 4.74 Å². The van der Waals surface area contributed by atoms with E-state index in [1.807, 2.05) is 36.4 Å². The van der Waals surface area contributed by atoms with Gasteiger partial charge in [-0.3, -0.25) is 5.10 Å². The number of nitrogens with zero attached hydrogens (tertiary/aromatic N) is 4. The number of aromatic amines is 1. The van der Waals surface area contributed by atoms with E-state index in [1.165, 1.54) is 0 Å². The van der Waals surface area contributed by atoms with E-state index in [0.29, 0.717) is 30.8 Å². The molecule has 8 heteroatoms. The Balaban J connectivity index is 1.50. The predicted molar refractivity (Wildman–Crippen MR) is 98.3 cm³/mol. The number of hydrogen-bond acceptors (Lipinski definition) is 7. The maximum Gasteiger partial charge on any atom is 0.227 e. The van der Waals surface area contributed by atoms with Crippen molar-refractivity contribution in [3.63, 3.8) is 0 Å². The molecule has 0 amide bonds. The van der Waals surface area contributed by atoms with Gasteiger partial charge in [-0.1, -0.05) is 18.2 Å². The van der Waals surface area contributed by atoms with Crippen molar-refractivity contribution in [2.24, 2.45) is 0 Å². The molecule has 0 unspecified atom stereocenters. The van der Waals surface area contributed by atoms with Crippen molar-refractivity contribution in [3.05, 3.63) is 48.2 Å². The van der Waals surface area contributed by atoms with Gasteiger partial charge in [-0.15, -0.1) is 0 Å². The maximum absolute atomic E-state index is 9.28. The molecule has 3 N–H and O–H groups in total. The summed E-state index contributed by atoms with van der Waals surface area (Å²) in [6.07, 6.45) is 1.73. The first-order valence-corrected chi connectivity index (χ1v) is 8.50. The van der Waals surface area contributed by atoms with E-state index >= 15 is 0 Å². The smallest absolute Gasteiger partial charge is 0.227 e. The third-order valence-electron chi connectivity index (χ3n) is 4.19. The normalized spacial score (nSPS) is 14.4. The first kappa shape index (κ1) is 16.5. The van der Waals surface area contributed by atoms with E-state index in [1.54, 1.807) is 6.20 Å². The van der Waals surface area contributed by atoms with Crippen LogP contribution in [0.25, 0.3) is 11.3 Å². The molecule has 0 bridgehead atoms. The number of aliphatic hydroxyl groups is 1. The van der Waals surface area contributed by atoms with Gasteiger partial charge < -0.3 is 20.1 Å². The van der Waals surface area contributed by atoms with Crippen molar-refractivity contribution in [3.8, 4) is 11.3 Å². The predicted octanol–water partition coefficient (Wildman–Crippen LogP) is 1.94. The standard InChI is InChI=1S/C18H20N6O2/c25-12-13-2-1-3-14(10-13)15-11-17(23-22-15)20-16-4-5-19-18(21-16)24-6-8-26-9-7-24/h1-5,10-11,25H,6-9,12H2,(H2,19,20,21,22,23). The fraction of sp³-hybridized carbons (Fsp3) is 0.278. The highest BCUT2D eigenvalue weighted by molar-refractivity contribution is 5.65. The molecule has 1 aliphatic heterocycles. The fourth-order valence-corrected chi connectivity index (χ4v) is 2.84. The van der Waals surface area contributed by atoms with Crippen LogP contribution in [0.2, 0.25) is 0 Å². The molecule has 1 saturated heterocycles. The molecule has 1 fully saturated rings. The summed E-state index contributed by atoms with van der Waals surface area (Å²) in [6, 6.07) is 11.4. The number of aromatic nitrogens is 4. The fourth-order valence-electron chi connectivity index (χ4n) is 2.84. The average Bonchev–Trinajstić information content (AvgIpc) is 3.17. The van der Waals surface area contributed by atoms with Crippen molar-refractivity contribution < 1.29 is 9.84 Å². The number of aliphatic hydroxyl groups excluding tert-OH is 1. The lowest BCUT2D eigenvalue weighted by atomic mass is 10.1. The van der Waals surface area contributed by atoms with Crippen LogP contribution in [0.15, 0.2) is 42.6 Å². The van der Waals surface area contributed by atoms with Crippen LogP contribution in [0.1, 0.15) is 5.56 Å². The Hall–Kier alpha value is -2.97. The first-order chi connectivity index (χ1) is 12.8. The molecule has 0 saturated carbocycles. The van der Waals surface area contributed by atoms with E-state index in [2.05, 4.69) is 30.4 Å². The van der Waals surface area contributed by atoms with Gasteiger partial charge in [0.15, 0.2) is 5.82 Å². The number of anilines is 3. The molecule has 1 aromatic carbocycles. The Morgan fingerprint density at radius 1 is 1.15 bits per heavy atom. The van der Waals surface area contributed by atoms with E-state index in [-0.39, 0.29) is 6.61 Å². The second kappa shape index (κ2) is 7.51. The molecule has 8 nitrogen and oxygen atoms in total. The minimum Gasteiger partial charge on any atom is -0.392 e. The maximum atomic E-state index is 9.28. The van der Waals surface area contributed by atoms with E-state index in [9.17, 15) is 5.11 Å². The third-order valence-corrected chi connectivity index (χ3v) is 4.19. The summed E-state index contributed by atoms with van der Waals surface area (Å²) >= 11 is 0. The van der Waals surface area contributed by atoms with Crippen molar-refractivity contribution in [1.29, 1.82) is 0 Å². The molecule has 3 aromatic rings. The van der Waals surface area contributed by atoms with Crippen LogP contribution in [0.5, 0.6) is 0 Å². The lowest BCUT2D eigenvalue weighted by Gasteiger charge is -2.26. The van der Waals surface area contributed by atoms with Crippen LogP contribution in [0.3, 0.4) is 0 Å². The Morgan fingerprint density at radius 3 is 2.88 bits per heavy atom. The second-order valence-corrected chi connectivity index (χ2v) is 5.99. The Bertz CT molecular complexity index is 875. The molecule has 1 aliphatic rings. The summed E-state index contributed by atoms with van der Waals surface area (Å²) < 4.78 is 5.37. The summed E-state index contributed by atoms with van der Waals surface area (Å²) in [7, 11) is 0. The molecule has 4 rings (SSSR count). The largest absolute Gasteiger partial charge is 0.392 e. The summed E-state index contributed by atoms with van der Waals surface area (Å²) in [5, 5.41) is 19.8. The molecular formula is C18H20N6O2. The van der Waals surface area contributed by atoms with Gasteiger partial charge in [0.25, 0.3) is 0 Å². The molecule has 2 aromatic heterocycles. The first-order valence-electron chi connectivity index (χ1n) is 8.50. The van der Waals surface area contributed by atoms with Gasteiger partial charge in [0.1, 0.15) is 5.82 Å². The Morgan fingerprint density at radius 2 is 2.04 bits per heavy atom. The van der Waals surface area contributed by atoms with Gasteiger partial charge in [-0.2, -0.15) is 10.1 Å². The summed E-state index contributed by atoms with van der Waals surface area (Å²) in [6.45, 7) is 2.97. The number of H-pyrrole nitrogens is 1. The van der Waals surface area contributed by atoms with Crippen molar-refractivity contribution in [1.82, 2.24) is 20.2 Å². The van der Waals surface area contributed by atoms with Crippen LogP contribution in [0.4, 0.5) is 17.6 Å². The van der Waals surface area contributed by atoms with Gasteiger partial charge in [0.2, 0.25) is 5.95 Å². The molecule has 134 valence electrons. The van der Waals surface area contributed by atoms with E-state index in [0.717, 1.165) is 29.9 Å². The Labute approximate surface area is 150 Å². The molecule has 0 atom stereocenters. The highest BCUT2D eigenvalue weighted by atomic mass is 16.5. The van der Waals surface area contributed by atoms with Crippen molar-refractivity contribution >= 4 is 17.6 Å². The lowest BCUT2D eigenvalue weighted by Crippen LogP contribution is -2.37. The van der Waals surface area contributed by atoms with Gasteiger partial charge in [-0.05, 0) is 23.3 Å². The van der Waals surface area contributed by atoms with E-state index < -0.39 is 0 Å². The molecule has 26 heavy (non-hydrogen) atoms. The minimum absolute atomic E-state index is 0.0122. The molecule has 0 radical (unpaired) electrons. The lowest BCUT2D eigenvalue weighted by molar-refractivity contribution is 0.122. The SMILES string of the molecule is OCc1cccc(-c2cc(Nc3ccnc(N4CCOCC4)n3)n[nH]2)c1. The van der Waals surface area contributed by atoms with Crippen LogP contribution >= 0.6 is 0 Å².